The molecule has 2 rings (SSSR count). The van der Waals surface area contributed by atoms with Crippen LogP contribution in [-0.4, -0.2) is 16.6 Å². The van der Waals surface area contributed by atoms with Gasteiger partial charge in [0.25, 0.3) is 0 Å². The van der Waals surface area contributed by atoms with Crippen molar-refractivity contribution in [3.63, 3.8) is 0 Å². The Bertz CT molecular complexity index is 563. The van der Waals surface area contributed by atoms with Crippen LogP contribution in [0.25, 0.3) is 0 Å². The maximum atomic E-state index is 6.01. The molecule has 3 nitrogen and oxygen atoms in total. The molecule has 0 saturated heterocycles. The Hall–Kier alpha value is -1.10. The van der Waals surface area contributed by atoms with Gasteiger partial charge in [-0.1, -0.05) is 41.6 Å². The molecule has 0 N–H and O–H groups in total. The Morgan fingerprint density at radius 1 is 1.26 bits per heavy atom. The lowest BCUT2D eigenvalue weighted by molar-refractivity contribution is 0.128. The second kappa shape index (κ2) is 6.89. The number of hydrogen-bond donors (Lipinski definition) is 0. The van der Waals surface area contributed by atoms with Gasteiger partial charge in [0.2, 0.25) is 0 Å². The van der Waals surface area contributed by atoms with Gasteiger partial charge >= 0.3 is 0 Å². The number of aryl methyl sites for hydroxylation is 1. The van der Waals surface area contributed by atoms with E-state index >= 15 is 0 Å². The fraction of sp³-hybridized carbons (Fsp3) is 0.286. The molecule has 100 valence electrons. The molecule has 0 spiro atoms. The molecule has 19 heavy (non-hydrogen) atoms. The number of hydrogen-bond acceptors (Lipinski definition) is 4. The molecule has 0 atom stereocenters. The summed E-state index contributed by atoms with van der Waals surface area (Å²) in [5.74, 6) is 0.616. The first-order valence-corrected chi connectivity index (χ1v) is 7.23. The highest BCUT2D eigenvalue weighted by atomic mass is 35.5. The maximum absolute atomic E-state index is 6.01. The summed E-state index contributed by atoms with van der Waals surface area (Å²) in [6.45, 7) is 5.04. The quantitative estimate of drug-likeness (QED) is 0.777. The average molecular weight is 295 g/mol. The number of nitrogens with zero attached hydrogens (tertiary/aromatic N) is 2. The SMILES string of the molecule is CCOCc1nc(Cl)cc(Sc2ccccc2C)n1. The predicted molar refractivity (Wildman–Crippen MR) is 77.7 cm³/mol. The van der Waals surface area contributed by atoms with Crippen LogP contribution in [0.5, 0.6) is 0 Å². The zero-order valence-electron chi connectivity index (χ0n) is 10.9. The molecule has 0 aliphatic rings. The van der Waals surface area contributed by atoms with Gasteiger partial charge in [0.05, 0.1) is 0 Å². The van der Waals surface area contributed by atoms with Gasteiger partial charge in [-0.15, -0.1) is 0 Å². The molecule has 5 heteroatoms. The summed E-state index contributed by atoms with van der Waals surface area (Å²) in [5, 5.41) is 1.28. The second-order valence-electron chi connectivity index (χ2n) is 3.95. The summed E-state index contributed by atoms with van der Waals surface area (Å²) in [6, 6.07) is 9.95. The molecular formula is C14H15ClN2OS. The van der Waals surface area contributed by atoms with Crippen molar-refractivity contribution in [2.24, 2.45) is 0 Å². The van der Waals surface area contributed by atoms with Crippen molar-refractivity contribution in [3.8, 4) is 0 Å². The van der Waals surface area contributed by atoms with Crippen LogP contribution in [0.4, 0.5) is 0 Å². The summed E-state index contributed by atoms with van der Waals surface area (Å²) in [4.78, 5) is 9.77. The molecule has 1 aromatic carbocycles. The van der Waals surface area contributed by atoms with Gasteiger partial charge in [-0.05, 0) is 25.5 Å². The summed E-state index contributed by atoms with van der Waals surface area (Å²) in [7, 11) is 0. The zero-order valence-corrected chi connectivity index (χ0v) is 12.5. The van der Waals surface area contributed by atoms with E-state index in [1.54, 1.807) is 17.8 Å². The van der Waals surface area contributed by atoms with Crippen LogP contribution in [-0.2, 0) is 11.3 Å². The molecule has 0 aliphatic heterocycles. The van der Waals surface area contributed by atoms with Crippen molar-refractivity contribution in [2.45, 2.75) is 30.4 Å². The van der Waals surface area contributed by atoms with Crippen LogP contribution in [0.3, 0.4) is 0 Å². The van der Waals surface area contributed by atoms with Crippen LogP contribution in [0.2, 0.25) is 5.15 Å². The van der Waals surface area contributed by atoms with E-state index in [1.165, 1.54) is 10.5 Å². The van der Waals surface area contributed by atoms with Crippen LogP contribution >= 0.6 is 23.4 Å². The number of benzene rings is 1. The number of rotatable bonds is 5. The molecule has 0 bridgehead atoms. The topological polar surface area (TPSA) is 35.0 Å². The van der Waals surface area contributed by atoms with Gasteiger partial charge in [0.15, 0.2) is 5.82 Å². The Kier molecular flexibility index (Phi) is 5.19. The van der Waals surface area contributed by atoms with E-state index in [1.807, 2.05) is 19.1 Å². The van der Waals surface area contributed by atoms with Crippen molar-refractivity contribution in [3.05, 3.63) is 46.9 Å². The van der Waals surface area contributed by atoms with Crippen molar-refractivity contribution < 1.29 is 4.74 Å². The molecular weight excluding hydrogens is 280 g/mol. The van der Waals surface area contributed by atoms with E-state index in [4.69, 9.17) is 16.3 Å². The number of ether oxygens (including phenoxy) is 1. The van der Waals surface area contributed by atoms with E-state index in [9.17, 15) is 0 Å². The minimum atomic E-state index is 0.387. The van der Waals surface area contributed by atoms with E-state index in [-0.39, 0.29) is 0 Å². The minimum absolute atomic E-state index is 0.387. The third kappa shape index (κ3) is 4.20. The average Bonchev–Trinajstić information content (AvgIpc) is 2.38. The predicted octanol–water partition coefficient (Wildman–Crippen LogP) is 4.13. The summed E-state index contributed by atoms with van der Waals surface area (Å²) >= 11 is 7.60. The number of aromatic nitrogens is 2. The highest BCUT2D eigenvalue weighted by Gasteiger charge is 2.06. The van der Waals surface area contributed by atoms with E-state index < -0.39 is 0 Å². The molecule has 0 fully saturated rings. The van der Waals surface area contributed by atoms with Gasteiger partial charge < -0.3 is 4.74 Å². The minimum Gasteiger partial charge on any atom is -0.374 e. The molecule has 0 aliphatic carbocycles. The first-order valence-electron chi connectivity index (χ1n) is 6.03. The molecule has 2 aromatic rings. The Labute approximate surface area is 122 Å². The lowest BCUT2D eigenvalue weighted by Gasteiger charge is -2.07. The largest absolute Gasteiger partial charge is 0.374 e. The van der Waals surface area contributed by atoms with E-state index in [0.717, 1.165) is 5.03 Å². The standard InChI is InChI=1S/C14H15ClN2OS/c1-3-18-9-13-16-12(15)8-14(17-13)19-11-7-5-4-6-10(11)2/h4-8H,3,9H2,1-2H3. The van der Waals surface area contributed by atoms with Crippen LogP contribution in [0.15, 0.2) is 40.3 Å². The molecule has 0 saturated carbocycles. The first-order chi connectivity index (χ1) is 9.19. The number of halogens is 1. The molecule has 0 radical (unpaired) electrons. The molecule has 0 unspecified atom stereocenters. The highest BCUT2D eigenvalue weighted by Crippen LogP contribution is 2.29. The van der Waals surface area contributed by atoms with Gasteiger partial charge in [0.1, 0.15) is 16.8 Å². The van der Waals surface area contributed by atoms with Crippen molar-refractivity contribution in [2.75, 3.05) is 6.61 Å². The molecule has 0 amide bonds. The smallest absolute Gasteiger partial charge is 0.157 e. The second-order valence-corrected chi connectivity index (χ2v) is 5.40. The lowest BCUT2D eigenvalue weighted by Crippen LogP contribution is -2.00. The van der Waals surface area contributed by atoms with Crippen LogP contribution in [0.1, 0.15) is 18.3 Å². The first kappa shape index (κ1) is 14.3. The Morgan fingerprint density at radius 2 is 2.05 bits per heavy atom. The van der Waals surface area contributed by atoms with Crippen molar-refractivity contribution in [1.29, 1.82) is 0 Å². The monoisotopic (exact) mass is 294 g/mol. The molecule has 1 heterocycles. The van der Waals surface area contributed by atoms with Crippen LogP contribution < -0.4 is 0 Å². The normalized spacial score (nSPS) is 10.7. The Morgan fingerprint density at radius 3 is 2.79 bits per heavy atom. The fourth-order valence-electron chi connectivity index (χ4n) is 1.54. The summed E-state index contributed by atoms with van der Waals surface area (Å²) in [6.07, 6.45) is 0. The summed E-state index contributed by atoms with van der Waals surface area (Å²) < 4.78 is 5.31. The third-order valence-electron chi connectivity index (χ3n) is 2.46. The zero-order chi connectivity index (χ0) is 13.7. The van der Waals surface area contributed by atoms with Gasteiger partial charge in [-0.25, -0.2) is 9.97 Å². The lowest BCUT2D eigenvalue weighted by atomic mass is 10.2. The van der Waals surface area contributed by atoms with E-state index in [2.05, 4.69) is 29.0 Å². The fourth-order valence-corrected chi connectivity index (χ4v) is 2.72. The summed E-state index contributed by atoms with van der Waals surface area (Å²) in [5.41, 5.74) is 1.22. The van der Waals surface area contributed by atoms with Gasteiger partial charge in [-0.2, -0.15) is 0 Å². The highest BCUT2D eigenvalue weighted by molar-refractivity contribution is 7.99. The van der Waals surface area contributed by atoms with Crippen LogP contribution in [0, 0.1) is 6.92 Å². The van der Waals surface area contributed by atoms with Gasteiger partial charge in [0, 0.05) is 17.6 Å². The Balaban J connectivity index is 2.20. The van der Waals surface area contributed by atoms with Gasteiger partial charge in [-0.3, -0.25) is 0 Å². The molecule has 1 aromatic heterocycles. The third-order valence-corrected chi connectivity index (χ3v) is 3.75. The van der Waals surface area contributed by atoms with E-state index in [0.29, 0.717) is 24.2 Å². The van der Waals surface area contributed by atoms with Crippen molar-refractivity contribution >= 4 is 23.4 Å². The van der Waals surface area contributed by atoms with Crippen molar-refractivity contribution in [1.82, 2.24) is 9.97 Å². The maximum Gasteiger partial charge on any atom is 0.157 e.